The summed E-state index contributed by atoms with van der Waals surface area (Å²) in [5.41, 5.74) is 7.46. The standard InChI is InChI=1S/C17H19FN4O.HI/c1-20-17(22-11-13-5-3-7-15(18)9-13)21-10-12-4-2-6-14(8-12)16(19)23;/h2-9H,10-11H2,1H3,(H2,19,23)(H2,20,21,22);1H. The molecule has 0 spiro atoms. The van der Waals surface area contributed by atoms with Crippen LogP contribution >= 0.6 is 24.0 Å². The number of aliphatic imine (C=N–C) groups is 1. The van der Waals surface area contributed by atoms with Crippen LogP contribution < -0.4 is 16.4 Å². The van der Waals surface area contributed by atoms with Gasteiger partial charge in [-0.2, -0.15) is 0 Å². The lowest BCUT2D eigenvalue weighted by Gasteiger charge is -2.12. The first-order valence-corrected chi connectivity index (χ1v) is 7.16. The van der Waals surface area contributed by atoms with E-state index in [4.69, 9.17) is 5.73 Å². The Kier molecular flexibility index (Phi) is 8.17. The van der Waals surface area contributed by atoms with Crippen LogP contribution in [0.3, 0.4) is 0 Å². The molecule has 0 aliphatic heterocycles. The van der Waals surface area contributed by atoms with E-state index in [1.165, 1.54) is 12.1 Å². The third-order valence-corrected chi connectivity index (χ3v) is 3.24. The summed E-state index contributed by atoms with van der Waals surface area (Å²) < 4.78 is 13.1. The third kappa shape index (κ3) is 6.15. The van der Waals surface area contributed by atoms with Crippen LogP contribution in [0.4, 0.5) is 4.39 Å². The van der Waals surface area contributed by atoms with E-state index in [0.29, 0.717) is 24.6 Å². The minimum Gasteiger partial charge on any atom is -0.366 e. The molecule has 24 heavy (non-hydrogen) atoms. The zero-order valence-electron chi connectivity index (χ0n) is 13.3. The van der Waals surface area contributed by atoms with Crippen LogP contribution in [0.2, 0.25) is 0 Å². The lowest BCUT2D eigenvalue weighted by molar-refractivity contribution is 0.1000. The first-order valence-electron chi connectivity index (χ1n) is 7.16. The second-order valence-corrected chi connectivity index (χ2v) is 4.97. The number of guanidine groups is 1. The summed E-state index contributed by atoms with van der Waals surface area (Å²) in [4.78, 5) is 15.3. The van der Waals surface area contributed by atoms with Gasteiger partial charge in [-0.15, -0.1) is 24.0 Å². The predicted molar refractivity (Wildman–Crippen MR) is 104 cm³/mol. The smallest absolute Gasteiger partial charge is 0.248 e. The zero-order valence-corrected chi connectivity index (χ0v) is 15.6. The SMILES string of the molecule is CN=C(NCc1cccc(F)c1)NCc1cccc(C(N)=O)c1.I. The number of nitrogens with two attached hydrogens (primary N) is 1. The van der Waals surface area contributed by atoms with Crippen molar-refractivity contribution in [2.75, 3.05) is 7.05 Å². The van der Waals surface area contributed by atoms with E-state index in [9.17, 15) is 9.18 Å². The molecule has 0 atom stereocenters. The summed E-state index contributed by atoms with van der Waals surface area (Å²) in [5.74, 6) is -0.144. The number of carbonyl (C=O) groups is 1. The quantitative estimate of drug-likeness (QED) is 0.378. The number of primary amides is 1. The highest BCUT2D eigenvalue weighted by Gasteiger charge is 2.03. The molecule has 0 aliphatic rings. The van der Waals surface area contributed by atoms with Crippen molar-refractivity contribution in [2.45, 2.75) is 13.1 Å². The number of benzene rings is 2. The number of hydrogen-bond acceptors (Lipinski definition) is 2. The maximum absolute atomic E-state index is 13.1. The van der Waals surface area contributed by atoms with Crippen molar-refractivity contribution in [3.8, 4) is 0 Å². The van der Waals surface area contributed by atoms with Crippen LogP contribution in [-0.4, -0.2) is 18.9 Å². The van der Waals surface area contributed by atoms with Gasteiger partial charge in [0.1, 0.15) is 5.82 Å². The Morgan fingerprint density at radius 1 is 1.08 bits per heavy atom. The number of rotatable bonds is 5. The van der Waals surface area contributed by atoms with Crippen LogP contribution in [0.15, 0.2) is 53.5 Å². The van der Waals surface area contributed by atoms with E-state index in [1.54, 1.807) is 31.3 Å². The van der Waals surface area contributed by atoms with E-state index in [0.717, 1.165) is 11.1 Å². The lowest BCUT2D eigenvalue weighted by Crippen LogP contribution is -2.36. The van der Waals surface area contributed by atoms with Crippen LogP contribution in [0.1, 0.15) is 21.5 Å². The van der Waals surface area contributed by atoms with Crippen LogP contribution in [0.5, 0.6) is 0 Å². The third-order valence-electron chi connectivity index (χ3n) is 3.24. The molecule has 0 heterocycles. The first kappa shape index (κ1) is 19.9. The Morgan fingerprint density at radius 3 is 2.21 bits per heavy atom. The average Bonchev–Trinajstić information content (AvgIpc) is 2.55. The number of halogens is 2. The molecule has 0 unspecified atom stereocenters. The van der Waals surface area contributed by atoms with Crippen molar-refractivity contribution < 1.29 is 9.18 Å². The maximum Gasteiger partial charge on any atom is 0.248 e. The Balaban J connectivity index is 0.00000288. The molecular weight excluding hydrogens is 422 g/mol. The Morgan fingerprint density at radius 2 is 1.67 bits per heavy atom. The second kappa shape index (κ2) is 9.86. The largest absolute Gasteiger partial charge is 0.366 e. The van der Waals surface area contributed by atoms with Gasteiger partial charge in [-0.3, -0.25) is 9.79 Å². The van der Waals surface area contributed by atoms with Gasteiger partial charge in [0, 0.05) is 25.7 Å². The summed E-state index contributed by atoms with van der Waals surface area (Å²) in [7, 11) is 1.65. The van der Waals surface area contributed by atoms with Gasteiger partial charge in [0.05, 0.1) is 0 Å². The topological polar surface area (TPSA) is 79.5 Å². The summed E-state index contributed by atoms with van der Waals surface area (Å²) >= 11 is 0. The van der Waals surface area contributed by atoms with Crippen LogP contribution in [0.25, 0.3) is 0 Å². The predicted octanol–water partition coefficient (Wildman–Crippen LogP) is 2.41. The molecule has 7 heteroatoms. The average molecular weight is 442 g/mol. The molecular formula is C17H20FIN4O. The molecule has 0 radical (unpaired) electrons. The van der Waals surface area contributed by atoms with Crippen molar-refractivity contribution in [2.24, 2.45) is 10.7 Å². The number of carbonyl (C=O) groups excluding carboxylic acids is 1. The summed E-state index contributed by atoms with van der Waals surface area (Å²) in [6.07, 6.45) is 0. The van der Waals surface area contributed by atoms with Crippen LogP contribution in [0, 0.1) is 5.82 Å². The molecule has 1 amide bonds. The summed E-state index contributed by atoms with van der Waals surface area (Å²) in [6, 6.07) is 13.4. The molecule has 2 aromatic carbocycles. The highest BCUT2D eigenvalue weighted by atomic mass is 127. The first-order chi connectivity index (χ1) is 11.1. The fourth-order valence-corrected chi connectivity index (χ4v) is 2.07. The fourth-order valence-electron chi connectivity index (χ4n) is 2.07. The van der Waals surface area contributed by atoms with Gasteiger partial charge in [0.25, 0.3) is 0 Å². The highest BCUT2D eigenvalue weighted by molar-refractivity contribution is 14.0. The van der Waals surface area contributed by atoms with Crippen molar-refractivity contribution in [1.82, 2.24) is 10.6 Å². The van der Waals surface area contributed by atoms with Gasteiger partial charge in [-0.25, -0.2) is 4.39 Å². The molecule has 5 nitrogen and oxygen atoms in total. The van der Waals surface area contributed by atoms with Gasteiger partial charge in [-0.05, 0) is 35.4 Å². The van der Waals surface area contributed by atoms with Gasteiger partial charge >= 0.3 is 0 Å². The van der Waals surface area contributed by atoms with E-state index < -0.39 is 5.91 Å². The molecule has 4 N–H and O–H groups in total. The number of amides is 1. The van der Waals surface area contributed by atoms with E-state index in [-0.39, 0.29) is 29.8 Å². The Labute approximate surface area is 157 Å². The minimum absolute atomic E-state index is 0. The molecule has 2 aromatic rings. The molecule has 0 saturated heterocycles. The minimum atomic E-state index is -0.458. The summed E-state index contributed by atoms with van der Waals surface area (Å²) in [6.45, 7) is 0.947. The highest BCUT2D eigenvalue weighted by Crippen LogP contribution is 2.05. The molecule has 0 aliphatic carbocycles. The maximum atomic E-state index is 13.1. The van der Waals surface area contributed by atoms with Gasteiger partial charge in [0.15, 0.2) is 5.96 Å². The van der Waals surface area contributed by atoms with Gasteiger partial charge in [0.2, 0.25) is 5.91 Å². The van der Waals surface area contributed by atoms with E-state index in [1.807, 2.05) is 12.1 Å². The van der Waals surface area contributed by atoms with E-state index >= 15 is 0 Å². The lowest BCUT2D eigenvalue weighted by atomic mass is 10.1. The molecule has 0 aromatic heterocycles. The Bertz CT molecular complexity index is 721. The number of nitrogens with zero attached hydrogens (tertiary/aromatic N) is 1. The van der Waals surface area contributed by atoms with Crippen molar-refractivity contribution >= 4 is 35.8 Å². The molecule has 2 rings (SSSR count). The van der Waals surface area contributed by atoms with Crippen LogP contribution in [-0.2, 0) is 13.1 Å². The molecule has 128 valence electrons. The summed E-state index contributed by atoms with van der Waals surface area (Å²) in [5, 5.41) is 6.23. The van der Waals surface area contributed by atoms with E-state index in [2.05, 4.69) is 15.6 Å². The van der Waals surface area contributed by atoms with Gasteiger partial charge < -0.3 is 16.4 Å². The second-order valence-electron chi connectivity index (χ2n) is 4.97. The van der Waals surface area contributed by atoms with Crippen molar-refractivity contribution in [3.63, 3.8) is 0 Å². The molecule has 0 fully saturated rings. The normalized spacial score (nSPS) is 10.7. The molecule has 0 saturated carbocycles. The fraction of sp³-hybridized carbons (Fsp3) is 0.176. The van der Waals surface area contributed by atoms with Gasteiger partial charge in [-0.1, -0.05) is 24.3 Å². The van der Waals surface area contributed by atoms with Crippen molar-refractivity contribution in [1.29, 1.82) is 0 Å². The zero-order chi connectivity index (χ0) is 16.7. The monoisotopic (exact) mass is 442 g/mol. The molecule has 0 bridgehead atoms. The number of nitrogens with one attached hydrogen (secondary N) is 2. The Hall–Kier alpha value is -2.16. The van der Waals surface area contributed by atoms with Crippen molar-refractivity contribution in [3.05, 3.63) is 71.0 Å². The number of hydrogen-bond donors (Lipinski definition) is 3.